The van der Waals surface area contributed by atoms with Crippen molar-refractivity contribution in [2.24, 2.45) is 0 Å². The second-order valence-electron chi connectivity index (χ2n) is 3.35. The Bertz CT molecular complexity index is 481. The monoisotopic (exact) mass is 198 g/mol. The topological polar surface area (TPSA) is 49.8 Å². The van der Waals surface area contributed by atoms with Gasteiger partial charge in [-0.2, -0.15) is 0 Å². The quantitative estimate of drug-likeness (QED) is 0.735. The van der Waals surface area contributed by atoms with Gasteiger partial charge in [-0.15, -0.1) is 0 Å². The lowest BCUT2D eigenvalue weighted by Crippen LogP contribution is -1.99. The summed E-state index contributed by atoms with van der Waals surface area (Å²) in [6.45, 7) is 0.724. The van der Waals surface area contributed by atoms with Gasteiger partial charge in [0.15, 0.2) is 11.6 Å². The number of hydrogen-bond acceptors (Lipinski definition) is 4. The summed E-state index contributed by atoms with van der Waals surface area (Å²) in [5.41, 5.74) is 2.00. The number of fused-ring (bicyclic) bond motifs is 1. The summed E-state index contributed by atoms with van der Waals surface area (Å²) >= 11 is 0. The third-order valence-corrected chi connectivity index (χ3v) is 2.36. The molecule has 4 nitrogen and oxygen atoms in total. The molecule has 0 unspecified atom stereocenters. The van der Waals surface area contributed by atoms with E-state index in [4.69, 9.17) is 0 Å². The molecule has 0 spiro atoms. The molecule has 0 bridgehead atoms. The van der Waals surface area contributed by atoms with Crippen LogP contribution in [0, 0.1) is 0 Å². The van der Waals surface area contributed by atoms with Crippen molar-refractivity contribution < 1.29 is 0 Å². The van der Waals surface area contributed by atoms with E-state index in [0.29, 0.717) is 0 Å². The third kappa shape index (κ3) is 1.40. The number of nitrogens with one attached hydrogen (secondary N) is 2. The van der Waals surface area contributed by atoms with Crippen molar-refractivity contribution in [3.05, 3.63) is 36.5 Å². The SMILES string of the molecule is c1ccc(-c2ncc3c(n2)NCN3)cc1. The van der Waals surface area contributed by atoms with Crippen LogP contribution in [-0.2, 0) is 0 Å². The molecule has 0 radical (unpaired) electrons. The Balaban J connectivity index is 2.07. The predicted octanol–water partition coefficient (Wildman–Crippen LogP) is 1.94. The smallest absolute Gasteiger partial charge is 0.161 e. The normalized spacial score (nSPS) is 12.8. The van der Waals surface area contributed by atoms with Gasteiger partial charge in [-0.25, -0.2) is 9.97 Å². The zero-order chi connectivity index (χ0) is 10.1. The van der Waals surface area contributed by atoms with E-state index in [1.165, 1.54) is 0 Å². The molecule has 0 atom stereocenters. The summed E-state index contributed by atoms with van der Waals surface area (Å²) < 4.78 is 0. The lowest BCUT2D eigenvalue weighted by Gasteiger charge is -2.01. The number of nitrogens with zero attached hydrogens (tertiary/aromatic N) is 2. The largest absolute Gasteiger partial charge is 0.364 e. The molecule has 74 valence electrons. The van der Waals surface area contributed by atoms with E-state index in [2.05, 4.69) is 20.6 Å². The number of rotatable bonds is 1. The van der Waals surface area contributed by atoms with Crippen molar-refractivity contribution in [1.29, 1.82) is 0 Å². The molecule has 1 aliphatic rings. The minimum atomic E-state index is 0.724. The van der Waals surface area contributed by atoms with E-state index < -0.39 is 0 Å². The zero-order valence-corrected chi connectivity index (χ0v) is 8.07. The number of anilines is 2. The summed E-state index contributed by atoms with van der Waals surface area (Å²) in [5.74, 6) is 1.63. The van der Waals surface area contributed by atoms with Gasteiger partial charge >= 0.3 is 0 Å². The maximum Gasteiger partial charge on any atom is 0.161 e. The first-order valence-electron chi connectivity index (χ1n) is 4.84. The van der Waals surface area contributed by atoms with Crippen LogP contribution in [0.3, 0.4) is 0 Å². The highest BCUT2D eigenvalue weighted by atomic mass is 15.2. The van der Waals surface area contributed by atoms with Gasteiger partial charge in [0, 0.05) is 5.56 Å². The van der Waals surface area contributed by atoms with Gasteiger partial charge in [0.1, 0.15) is 0 Å². The van der Waals surface area contributed by atoms with Crippen LogP contribution in [0.25, 0.3) is 11.4 Å². The van der Waals surface area contributed by atoms with Crippen molar-refractivity contribution in [3.8, 4) is 11.4 Å². The minimum absolute atomic E-state index is 0.724. The zero-order valence-electron chi connectivity index (χ0n) is 8.07. The minimum Gasteiger partial charge on any atom is -0.364 e. The van der Waals surface area contributed by atoms with Crippen LogP contribution in [0.15, 0.2) is 36.5 Å². The fourth-order valence-electron chi connectivity index (χ4n) is 1.60. The first-order chi connectivity index (χ1) is 7.43. The number of aromatic nitrogens is 2. The molecule has 0 amide bonds. The van der Waals surface area contributed by atoms with E-state index in [1.807, 2.05) is 36.5 Å². The first-order valence-corrected chi connectivity index (χ1v) is 4.84. The molecular weight excluding hydrogens is 188 g/mol. The molecule has 1 aliphatic heterocycles. The Morgan fingerprint density at radius 3 is 2.80 bits per heavy atom. The Kier molecular flexibility index (Phi) is 1.78. The van der Waals surface area contributed by atoms with Crippen LogP contribution in [0.1, 0.15) is 0 Å². The van der Waals surface area contributed by atoms with Gasteiger partial charge in [-0.3, -0.25) is 0 Å². The average Bonchev–Trinajstić information content (AvgIpc) is 2.77. The highest BCUT2D eigenvalue weighted by Crippen LogP contribution is 2.25. The summed E-state index contributed by atoms with van der Waals surface area (Å²) in [6.07, 6.45) is 1.81. The van der Waals surface area contributed by atoms with Crippen molar-refractivity contribution in [2.75, 3.05) is 17.3 Å². The van der Waals surface area contributed by atoms with Crippen molar-refractivity contribution in [1.82, 2.24) is 9.97 Å². The van der Waals surface area contributed by atoms with Crippen molar-refractivity contribution >= 4 is 11.5 Å². The molecule has 0 aliphatic carbocycles. The summed E-state index contributed by atoms with van der Waals surface area (Å²) in [7, 11) is 0. The van der Waals surface area contributed by atoms with E-state index in [0.717, 1.165) is 29.6 Å². The van der Waals surface area contributed by atoms with Gasteiger partial charge in [-0.05, 0) is 0 Å². The van der Waals surface area contributed by atoms with Gasteiger partial charge in [0.2, 0.25) is 0 Å². The van der Waals surface area contributed by atoms with Crippen LogP contribution in [0.4, 0.5) is 11.5 Å². The lowest BCUT2D eigenvalue weighted by atomic mass is 10.2. The molecule has 2 heterocycles. The molecular formula is C11H10N4. The van der Waals surface area contributed by atoms with Crippen LogP contribution in [0.2, 0.25) is 0 Å². The maximum atomic E-state index is 4.44. The Labute approximate surface area is 87.4 Å². The molecule has 2 aromatic rings. The van der Waals surface area contributed by atoms with Crippen molar-refractivity contribution in [3.63, 3.8) is 0 Å². The second kappa shape index (κ2) is 3.24. The molecule has 15 heavy (non-hydrogen) atoms. The molecule has 2 N–H and O–H groups in total. The highest BCUT2D eigenvalue weighted by molar-refractivity contribution is 5.70. The first kappa shape index (κ1) is 8.23. The van der Waals surface area contributed by atoms with Crippen molar-refractivity contribution in [2.45, 2.75) is 0 Å². The van der Waals surface area contributed by atoms with E-state index >= 15 is 0 Å². The van der Waals surface area contributed by atoms with Crippen LogP contribution >= 0.6 is 0 Å². The fourth-order valence-corrected chi connectivity index (χ4v) is 1.60. The number of hydrogen-bond donors (Lipinski definition) is 2. The van der Waals surface area contributed by atoms with Gasteiger partial charge in [0.25, 0.3) is 0 Å². The maximum absolute atomic E-state index is 4.44. The molecule has 3 rings (SSSR count). The highest BCUT2D eigenvalue weighted by Gasteiger charge is 2.12. The standard InChI is InChI=1S/C11H10N4/c1-2-4-8(5-3-1)10-12-6-9-11(15-10)14-7-13-9/h1-6,13H,7H2,(H,12,14,15). The second-order valence-corrected chi connectivity index (χ2v) is 3.35. The molecule has 0 saturated carbocycles. The molecule has 1 aromatic heterocycles. The van der Waals surface area contributed by atoms with E-state index in [-0.39, 0.29) is 0 Å². The molecule has 1 aromatic carbocycles. The van der Waals surface area contributed by atoms with Gasteiger partial charge in [0.05, 0.1) is 18.6 Å². The van der Waals surface area contributed by atoms with Crippen LogP contribution in [-0.4, -0.2) is 16.6 Å². The fraction of sp³-hybridized carbons (Fsp3) is 0.0909. The Hall–Kier alpha value is -2.10. The summed E-state index contributed by atoms with van der Waals surface area (Å²) in [5, 5.41) is 6.29. The van der Waals surface area contributed by atoms with Crippen LogP contribution in [0.5, 0.6) is 0 Å². The summed E-state index contributed by atoms with van der Waals surface area (Å²) in [6, 6.07) is 9.96. The lowest BCUT2D eigenvalue weighted by molar-refractivity contribution is 1.19. The van der Waals surface area contributed by atoms with E-state index in [9.17, 15) is 0 Å². The third-order valence-electron chi connectivity index (χ3n) is 2.36. The Morgan fingerprint density at radius 2 is 1.93 bits per heavy atom. The Morgan fingerprint density at radius 1 is 1.07 bits per heavy atom. The molecule has 4 heteroatoms. The summed E-state index contributed by atoms with van der Waals surface area (Å²) in [4.78, 5) is 8.75. The van der Waals surface area contributed by atoms with Gasteiger partial charge < -0.3 is 10.6 Å². The van der Waals surface area contributed by atoms with Gasteiger partial charge in [-0.1, -0.05) is 30.3 Å². The van der Waals surface area contributed by atoms with E-state index in [1.54, 1.807) is 0 Å². The number of benzene rings is 1. The molecule has 0 saturated heterocycles. The van der Waals surface area contributed by atoms with Crippen LogP contribution < -0.4 is 10.6 Å². The average molecular weight is 198 g/mol. The molecule has 0 fully saturated rings. The predicted molar refractivity (Wildman–Crippen MR) is 59.6 cm³/mol.